The third kappa shape index (κ3) is 3.41. The third-order valence-electron chi connectivity index (χ3n) is 2.35. The van der Waals surface area contributed by atoms with Gasteiger partial charge in [-0.1, -0.05) is 18.2 Å². The number of hydrogen-bond donors (Lipinski definition) is 2. The van der Waals surface area contributed by atoms with Gasteiger partial charge in [0.2, 0.25) is 0 Å². The van der Waals surface area contributed by atoms with Crippen molar-refractivity contribution in [2.75, 3.05) is 13.4 Å². The molecule has 0 fully saturated rings. The van der Waals surface area contributed by atoms with Crippen molar-refractivity contribution in [3.05, 3.63) is 42.5 Å². The maximum Gasteiger partial charge on any atom is 0.265 e. The molecule has 0 amide bonds. The summed E-state index contributed by atoms with van der Waals surface area (Å²) in [5.74, 6) is 0.400. The minimum Gasteiger partial charge on any atom is -0.384 e. The van der Waals surface area contributed by atoms with E-state index in [1.54, 1.807) is 30.3 Å². The molecule has 6 nitrogen and oxygen atoms in total. The summed E-state index contributed by atoms with van der Waals surface area (Å²) in [5.41, 5.74) is 5.96. The molecular weight excluding hydrogens is 412 g/mol. The van der Waals surface area contributed by atoms with Gasteiger partial charge in [0.25, 0.3) is 10.0 Å². The average molecular weight is 422 g/mol. The van der Waals surface area contributed by atoms with Crippen molar-refractivity contribution in [3.63, 3.8) is 0 Å². The van der Waals surface area contributed by atoms with Gasteiger partial charge in [0.15, 0.2) is 0 Å². The topological polar surface area (TPSA) is 88.3 Å². The van der Waals surface area contributed by atoms with Gasteiger partial charge in [0.1, 0.15) is 16.5 Å². The molecule has 1 aromatic carbocycles. The van der Waals surface area contributed by atoms with E-state index in [4.69, 9.17) is 5.73 Å². The fourth-order valence-electron chi connectivity index (χ4n) is 1.53. The molecule has 0 aliphatic carbocycles. The van der Waals surface area contributed by atoms with Crippen molar-refractivity contribution >= 4 is 59.6 Å². The molecule has 0 aliphatic rings. The van der Waals surface area contributed by atoms with Crippen LogP contribution in [0.4, 0.5) is 17.3 Å². The summed E-state index contributed by atoms with van der Waals surface area (Å²) in [6.07, 6.45) is 0. The number of para-hydroxylation sites is 1. The van der Waals surface area contributed by atoms with Crippen molar-refractivity contribution in [1.82, 2.24) is 4.98 Å². The molecule has 106 valence electrons. The highest BCUT2D eigenvalue weighted by molar-refractivity contribution is 9.25. The molecule has 1 aromatic heterocycles. The van der Waals surface area contributed by atoms with E-state index in [-0.39, 0.29) is 16.5 Å². The van der Waals surface area contributed by atoms with Crippen molar-refractivity contribution in [2.24, 2.45) is 0 Å². The monoisotopic (exact) mass is 420 g/mol. The Kier molecular flexibility index (Phi) is 4.51. The van der Waals surface area contributed by atoms with Crippen LogP contribution >= 0.6 is 32.3 Å². The Morgan fingerprint density at radius 2 is 1.80 bits per heavy atom. The van der Waals surface area contributed by atoms with E-state index < -0.39 is 10.0 Å². The van der Waals surface area contributed by atoms with Crippen molar-refractivity contribution in [1.29, 1.82) is 0 Å². The van der Waals surface area contributed by atoms with Crippen LogP contribution in [-0.2, 0) is 10.0 Å². The van der Waals surface area contributed by atoms with Crippen LogP contribution in [0.3, 0.4) is 0 Å². The number of nitrogens with zero attached hydrogens (tertiary/aromatic N) is 2. The number of nitrogens with two attached hydrogens (primary N) is 1. The SMILES string of the molecule is Nc1cccc(NS(=O)(=O)c2ccccc2N(Br)Br)n1. The largest absolute Gasteiger partial charge is 0.384 e. The van der Waals surface area contributed by atoms with Gasteiger partial charge < -0.3 is 5.73 Å². The molecule has 20 heavy (non-hydrogen) atoms. The number of hydrogen-bond acceptors (Lipinski definition) is 5. The number of nitrogens with one attached hydrogen (secondary N) is 1. The number of nitrogen functional groups attached to an aromatic ring is 1. The number of pyridine rings is 1. The predicted octanol–water partition coefficient (Wildman–Crippen LogP) is 2.89. The third-order valence-corrected chi connectivity index (χ3v) is 4.51. The Morgan fingerprint density at radius 1 is 1.10 bits per heavy atom. The molecule has 0 spiro atoms. The zero-order chi connectivity index (χ0) is 14.8. The molecule has 0 saturated carbocycles. The van der Waals surface area contributed by atoms with Crippen LogP contribution < -0.4 is 13.4 Å². The van der Waals surface area contributed by atoms with Crippen LogP contribution in [0.1, 0.15) is 0 Å². The summed E-state index contributed by atoms with van der Waals surface area (Å²) in [6.45, 7) is 0. The normalized spacial score (nSPS) is 11.1. The van der Waals surface area contributed by atoms with Gasteiger partial charge in [-0.05, 0) is 24.3 Å². The molecule has 0 bridgehead atoms. The molecule has 2 rings (SSSR count). The molecular formula is C11H10Br2N4O2S. The molecule has 0 radical (unpaired) electrons. The van der Waals surface area contributed by atoms with E-state index in [0.717, 1.165) is 0 Å². The Bertz CT molecular complexity index is 722. The number of sulfonamides is 1. The van der Waals surface area contributed by atoms with Crippen molar-refractivity contribution in [2.45, 2.75) is 4.90 Å². The van der Waals surface area contributed by atoms with Crippen LogP contribution in [0.25, 0.3) is 0 Å². The molecule has 0 saturated heterocycles. The van der Waals surface area contributed by atoms with Crippen LogP contribution in [0.2, 0.25) is 0 Å². The molecule has 9 heteroatoms. The first-order valence-electron chi connectivity index (χ1n) is 5.36. The Balaban J connectivity index is 2.41. The van der Waals surface area contributed by atoms with Crippen molar-refractivity contribution < 1.29 is 8.42 Å². The van der Waals surface area contributed by atoms with Crippen LogP contribution in [0.15, 0.2) is 47.4 Å². The van der Waals surface area contributed by atoms with Crippen LogP contribution in [-0.4, -0.2) is 13.4 Å². The predicted molar refractivity (Wildman–Crippen MR) is 86.2 cm³/mol. The summed E-state index contributed by atoms with van der Waals surface area (Å²) in [7, 11) is -3.78. The van der Waals surface area contributed by atoms with Crippen LogP contribution in [0, 0.1) is 0 Å². The summed E-state index contributed by atoms with van der Waals surface area (Å²) in [6, 6.07) is 11.2. The molecule has 0 unspecified atom stereocenters. The number of benzene rings is 1. The highest BCUT2D eigenvalue weighted by Crippen LogP contribution is 2.30. The maximum atomic E-state index is 12.4. The zero-order valence-electron chi connectivity index (χ0n) is 9.99. The Hall–Kier alpha value is -1.32. The fourth-order valence-corrected chi connectivity index (χ4v) is 3.57. The fraction of sp³-hybridized carbons (Fsp3) is 0. The van der Waals surface area contributed by atoms with Gasteiger partial charge in [0, 0.05) is 0 Å². The average Bonchev–Trinajstić information content (AvgIpc) is 2.38. The lowest BCUT2D eigenvalue weighted by molar-refractivity contribution is 0.601. The van der Waals surface area contributed by atoms with Gasteiger partial charge in [0.05, 0.1) is 38.0 Å². The van der Waals surface area contributed by atoms with E-state index in [9.17, 15) is 8.42 Å². The maximum absolute atomic E-state index is 12.4. The summed E-state index contributed by atoms with van der Waals surface area (Å²) < 4.78 is 28.5. The number of halogens is 2. The van der Waals surface area contributed by atoms with E-state index in [0.29, 0.717) is 5.69 Å². The lowest BCUT2D eigenvalue weighted by atomic mass is 10.3. The van der Waals surface area contributed by atoms with E-state index in [1.807, 2.05) is 0 Å². The smallest absolute Gasteiger partial charge is 0.265 e. The second-order valence-electron chi connectivity index (χ2n) is 3.75. The number of anilines is 3. The Morgan fingerprint density at radius 3 is 2.45 bits per heavy atom. The highest BCUT2D eigenvalue weighted by Gasteiger charge is 2.20. The van der Waals surface area contributed by atoms with Crippen molar-refractivity contribution in [3.8, 4) is 0 Å². The number of aromatic nitrogens is 1. The van der Waals surface area contributed by atoms with Gasteiger partial charge in [-0.2, -0.15) is 0 Å². The van der Waals surface area contributed by atoms with Crippen LogP contribution in [0.5, 0.6) is 0 Å². The quantitative estimate of drug-likeness (QED) is 0.741. The summed E-state index contributed by atoms with van der Waals surface area (Å²) in [5, 5.41) is 0. The lowest BCUT2D eigenvalue weighted by Crippen LogP contribution is -2.16. The standard InChI is InChI=1S/C11H10Br2N4O2S/c12-17(13)8-4-1-2-5-9(8)20(18,19)16-11-7-3-6-10(14)15-11/h1-7H,(H3,14,15,16). The second-order valence-corrected chi connectivity index (χ2v) is 7.78. The first kappa shape index (κ1) is 15.1. The number of rotatable bonds is 4. The minimum absolute atomic E-state index is 0.0953. The molecule has 1 heterocycles. The molecule has 3 N–H and O–H groups in total. The molecule has 0 atom stereocenters. The zero-order valence-corrected chi connectivity index (χ0v) is 14.0. The molecule has 2 aromatic rings. The second kappa shape index (κ2) is 5.98. The highest BCUT2D eigenvalue weighted by atomic mass is 79.9. The van der Waals surface area contributed by atoms with Gasteiger partial charge in [-0.3, -0.25) is 4.72 Å². The van der Waals surface area contributed by atoms with Gasteiger partial charge in [-0.15, -0.1) is 0 Å². The summed E-state index contributed by atoms with van der Waals surface area (Å²) >= 11 is 6.29. The lowest BCUT2D eigenvalue weighted by Gasteiger charge is -2.14. The van der Waals surface area contributed by atoms with E-state index in [2.05, 4.69) is 42.0 Å². The molecule has 0 aliphatic heterocycles. The minimum atomic E-state index is -3.78. The van der Waals surface area contributed by atoms with Gasteiger partial charge >= 0.3 is 0 Å². The van der Waals surface area contributed by atoms with E-state index >= 15 is 0 Å². The first-order valence-corrected chi connectivity index (χ1v) is 8.26. The first-order chi connectivity index (χ1) is 9.40. The van der Waals surface area contributed by atoms with Gasteiger partial charge in [-0.25, -0.2) is 16.4 Å². The summed E-state index contributed by atoms with van der Waals surface area (Å²) in [4.78, 5) is 4.00. The Labute approximate surface area is 133 Å². The van der Waals surface area contributed by atoms with E-state index in [1.165, 1.54) is 15.1 Å².